The molecule has 0 radical (unpaired) electrons. The lowest BCUT2D eigenvalue weighted by Gasteiger charge is -2.09. The molecule has 22 heavy (non-hydrogen) atoms. The predicted molar refractivity (Wildman–Crippen MR) is 84.2 cm³/mol. The molecule has 3 N–H and O–H groups in total. The van der Waals surface area contributed by atoms with E-state index < -0.39 is 11.9 Å². The number of aromatic nitrogens is 2. The molecule has 2 rings (SSSR count). The van der Waals surface area contributed by atoms with Gasteiger partial charge in [-0.25, -0.2) is 14.6 Å². The van der Waals surface area contributed by atoms with Crippen LogP contribution in [-0.2, 0) is 16.0 Å². The second kappa shape index (κ2) is 8.78. The van der Waals surface area contributed by atoms with E-state index in [-0.39, 0.29) is 0 Å². The van der Waals surface area contributed by atoms with Gasteiger partial charge in [-0.05, 0) is 28.3 Å². The van der Waals surface area contributed by atoms with Gasteiger partial charge in [0.2, 0.25) is 0 Å². The number of H-pyrrole nitrogens is 1. The largest absolute Gasteiger partial charge is 0.478 e. The second-order valence-corrected chi connectivity index (χ2v) is 5.19. The van der Waals surface area contributed by atoms with Crippen molar-refractivity contribution in [3.05, 3.63) is 52.3 Å². The lowest BCUT2D eigenvalue weighted by molar-refractivity contribution is -0.134. The van der Waals surface area contributed by atoms with Crippen LogP contribution in [0, 0.1) is 0 Å². The summed E-state index contributed by atoms with van der Waals surface area (Å²) in [6.45, 7) is 4.42. The Kier molecular flexibility index (Phi) is 7.04. The highest BCUT2D eigenvalue weighted by Crippen LogP contribution is 2.28. The number of imidazole rings is 1. The van der Waals surface area contributed by atoms with Crippen LogP contribution in [0.25, 0.3) is 0 Å². The van der Waals surface area contributed by atoms with E-state index in [1.807, 2.05) is 6.20 Å². The number of nitrogens with one attached hydrogen (secondary N) is 1. The Labute approximate surface area is 132 Å². The minimum Gasteiger partial charge on any atom is -0.478 e. The molecule has 1 atom stereocenters. The standard InChI is InChI=1S/C11H14N2S.C4H4O4/c1-3-9-5-14-6-10(9)8(2)11-4-12-7-13-11;5-3(6)1-2-4(7)8/h4-8H,3H2,1-2H3,(H,12,13);1-2H,(H,5,6)(H,7,8). The number of aliphatic carboxylic acids is 2. The molecular formula is C15H18N2O4S. The molecule has 0 saturated heterocycles. The van der Waals surface area contributed by atoms with Crippen molar-refractivity contribution >= 4 is 23.3 Å². The Morgan fingerprint density at radius 1 is 1.32 bits per heavy atom. The highest BCUT2D eigenvalue weighted by Gasteiger charge is 2.13. The van der Waals surface area contributed by atoms with Crippen LogP contribution in [0.5, 0.6) is 0 Å². The van der Waals surface area contributed by atoms with Crippen molar-refractivity contribution in [2.45, 2.75) is 26.2 Å². The van der Waals surface area contributed by atoms with Crippen LogP contribution in [0.2, 0.25) is 0 Å². The van der Waals surface area contributed by atoms with Gasteiger partial charge in [0.25, 0.3) is 0 Å². The highest BCUT2D eigenvalue weighted by atomic mass is 32.1. The molecule has 6 nitrogen and oxygen atoms in total. The molecule has 0 saturated carbocycles. The summed E-state index contributed by atoms with van der Waals surface area (Å²) in [5.41, 5.74) is 4.08. The Hall–Kier alpha value is -2.41. The summed E-state index contributed by atoms with van der Waals surface area (Å²) in [4.78, 5) is 26.3. The number of hydrogen-bond donors (Lipinski definition) is 3. The summed E-state index contributed by atoms with van der Waals surface area (Å²) in [5, 5.41) is 20.1. The molecule has 1 unspecified atom stereocenters. The van der Waals surface area contributed by atoms with Crippen molar-refractivity contribution in [3.63, 3.8) is 0 Å². The number of carboxylic acids is 2. The van der Waals surface area contributed by atoms with Crippen molar-refractivity contribution < 1.29 is 19.8 Å². The number of carboxylic acid groups (broad SMARTS) is 2. The van der Waals surface area contributed by atoms with Crippen LogP contribution in [0.1, 0.15) is 36.6 Å². The van der Waals surface area contributed by atoms with Crippen LogP contribution in [-0.4, -0.2) is 32.1 Å². The quantitative estimate of drug-likeness (QED) is 0.734. The second-order valence-electron chi connectivity index (χ2n) is 4.44. The van der Waals surface area contributed by atoms with E-state index in [4.69, 9.17) is 10.2 Å². The molecule has 118 valence electrons. The van der Waals surface area contributed by atoms with Gasteiger partial charge in [-0.15, -0.1) is 0 Å². The molecular weight excluding hydrogens is 304 g/mol. The number of rotatable bonds is 5. The number of hydrogen-bond acceptors (Lipinski definition) is 4. The average molecular weight is 322 g/mol. The number of carbonyl (C=O) groups is 2. The maximum atomic E-state index is 9.55. The summed E-state index contributed by atoms with van der Waals surface area (Å²) < 4.78 is 0. The van der Waals surface area contributed by atoms with Gasteiger partial charge in [-0.1, -0.05) is 13.8 Å². The van der Waals surface area contributed by atoms with Gasteiger partial charge < -0.3 is 15.2 Å². The summed E-state index contributed by atoms with van der Waals surface area (Å²) in [7, 11) is 0. The average Bonchev–Trinajstić information content (AvgIpc) is 3.15. The maximum Gasteiger partial charge on any atom is 0.328 e. The van der Waals surface area contributed by atoms with E-state index in [9.17, 15) is 9.59 Å². The lowest BCUT2D eigenvalue weighted by Crippen LogP contribution is -1.97. The fourth-order valence-electron chi connectivity index (χ4n) is 1.81. The zero-order valence-electron chi connectivity index (χ0n) is 12.3. The van der Waals surface area contributed by atoms with Crippen molar-refractivity contribution in [1.29, 1.82) is 0 Å². The van der Waals surface area contributed by atoms with Gasteiger partial charge in [-0.2, -0.15) is 11.3 Å². The summed E-state index contributed by atoms with van der Waals surface area (Å²) in [6.07, 6.45) is 5.87. The molecule has 2 aromatic rings. The first-order valence-electron chi connectivity index (χ1n) is 6.62. The number of thiophene rings is 1. The fourth-order valence-corrected chi connectivity index (χ4v) is 2.85. The van der Waals surface area contributed by atoms with Crippen LogP contribution in [0.3, 0.4) is 0 Å². The fraction of sp³-hybridized carbons (Fsp3) is 0.267. The molecule has 0 amide bonds. The molecule has 0 aliphatic heterocycles. The van der Waals surface area contributed by atoms with E-state index in [1.54, 1.807) is 17.7 Å². The van der Waals surface area contributed by atoms with Gasteiger partial charge >= 0.3 is 11.9 Å². The van der Waals surface area contributed by atoms with Gasteiger partial charge in [0, 0.05) is 30.0 Å². The molecule has 0 bridgehead atoms. The Balaban J connectivity index is 0.000000261. The number of aryl methyl sites for hydroxylation is 1. The van der Waals surface area contributed by atoms with Gasteiger partial charge in [-0.3, -0.25) is 0 Å². The third kappa shape index (κ3) is 5.53. The summed E-state index contributed by atoms with van der Waals surface area (Å²) in [5.74, 6) is -2.08. The molecule has 0 spiro atoms. The topological polar surface area (TPSA) is 103 Å². The molecule has 2 heterocycles. The molecule has 0 fully saturated rings. The zero-order valence-corrected chi connectivity index (χ0v) is 13.1. The van der Waals surface area contributed by atoms with E-state index in [1.165, 1.54) is 16.8 Å². The van der Waals surface area contributed by atoms with Crippen LogP contribution in [0.4, 0.5) is 0 Å². The molecule has 7 heteroatoms. The monoisotopic (exact) mass is 322 g/mol. The highest BCUT2D eigenvalue weighted by molar-refractivity contribution is 7.08. The SMILES string of the molecule is CCc1cscc1C(C)c1cnc[nH]1.O=C(O)C=CC(=O)O. The van der Waals surface area contributed by atoms with E-state index >= 15 is 0 Å². The van der Waals surface area contributed by atoms with Gasteiger partial charge in [0.1, 0.15) is 0 Å². The third-order valence-corrected chi connectivity index (χ3v) is 3.79. The Morgan fingerprint density at radius 2 is 1.95 bits per heavy atom. The summed E-state index contributed by atoms with van der Waals surface area (Å²) in [6, 6.07) is 0. The number of nitrogens with zero attached hydrogens (tertiary/aromatic N) is 1. The smallest absolute Gasteiger partial charge is 0.328 e. The van der Waals surface area contributed by atoms with E-state index in [2.05, 4.69) is 34.6 Å². The van der Waals surface area contributed by atoms with E-state index in [0.29, 0.717) is 18.1 Å². The van der Waals surface area contributed by atoms with Crippen LogP contribution < -0.4 is 0 Å². The number of aromatic amines is 1. The van der Waals surface area contributed by atoms with Crippen molar-refractivity contribution in [2.24, 2.45) is 0 Å². The minimum absolute atomic E-state index is 0.429. The third-order valence-electron chi connectivity index (χ3n) is 2.98. The van der Waals surface area contributed by atoms with Crippen molar-refractivity contribution in [3.8, 4) is 0 Å². The molecule has 0 aliphatic rings. The first-order chi connectivity index (χ1) is 10.5. The lowest BCUT2D eigenvalue weighted by atomic mass is 9.96. The Morgan fingerprint density at radius 3 is 2.41 bits per heavy atom. The Bertz CT molecular complexity index is 616. The molecule has 0 aliphatic carbocycles. The van der Waals surface area contributed by atoms with Crippen molar-refractivity contribution in [2.75, 3.05) is 0 Å². The van der Waals surface area contributed by atoms with Crippen molar-refractivity contribution in [1.82, 2.24) is 9.97 Å². The first-order valence-corrected chi connectivity index (χ1v) is 7.57. The van der Waals surface area contributed by atoms with Gasteiger partial charge in [0.15, 0.2) is 0 Å². The van der Waals surface area contributed by atoms with Gasteiger partial charge in [0.05, 0.1) is 6.33 Å². The molecule has 0 aromatic carbocycles. The minimum atomic E-state index is -1.26. The molecule has 2 aromatic heterocycles. The summed E-state index contributed by atoms with van der Waals surface area (Å²) >= 11 is 1.78. The van der Waals surface area contributed by atoms with Crippen LogP contribution >= 0.6 is 11.3 Å². The predicted octanol–water partition coefficient (Wildman–Crippen LogP) is 2.90. The maximum absolute atomic E-state index is 9.55. The van der Waals surface area contributed by atoms with Crippen LogP contribution in [0.15, 0.2) is 35.4 Å². The zero-order chi connectivity index (χ0) is 16.5. The van der Waals surface area contributed by atoms with E-state index in [0.717, 1.165) is 6.42 Å². The normalized spacial score (nSPS) is 11.7. The first kappa shape index (κ1) is 17.6.